The number of aromatic nitrogens is 2. The molecule has 0 aromatic carbocycles. The van der Waals surface area contributed by atoms with Crippen LogP contribution in [0.1, 0.15) is 19.4 Å². The monoisotopic (exact) mass is 507 g/mol. The number of alkyl halides is 8. The lowest BCUT2D eigenvalue weighted by Gasteiger charge is -2.18. The van der Waals surface area contributed by atoms with E-state index in [4.69, 9.17) is 4.74 Å². The van der Waals surface area contributed by atoms with Gasteiger partial charge in [0.05, 0.1) is 28.1 Å². The van der Waals surface area contributed by atoms with Crippen molar-refractivity contribution in [2.75, 3.05) is 24.2 Å². The van der Waals surface area contributed by atoms with Crippen LogP contribution in [0.5, 0.6) is 5.75 Å². The van der Waals surface area contributed by atoms with Crippen LogP contribution in [0, 0.1) is 0 Å². The standard InChI is InChI=1S/C18H17F8N3O3S/c1-3-33(30,31)13-6-11(18(24,25)26)15(28-8-17(21,22)23)29-14(13)12-5-4-10(7-27-12)32-9-16(2,19)20/h4-7H,3,8-9H2,1-2H3,(H,28,29). The highest BCUT2D eigenvalue weighted by molar-refractivity contribution is 7.91. The van der Waals surface area contributed by atoms with E-state index in [-0.39, 0.29) is 17.5 Å². The second-order valence-electron chi connectivity index (χ2n) is 6.84. The van der Waals surface area contributed by atoms with Crippen LogP contribution in [0.25, 0.3) is 11.4 Å². The van der Waals surface area contributed by atoms with Gasteiger partial charge in [0.15, 0.2) is 16.4 Å². The van der Waals surface area contributed by atoms with E-state index in [0.717, 1.165) is 25.3 Å². The lowest BCUT2D eigenvalue weighted by molar-refractivity contribution is -0.137. The summed E-state index contributed by atoms with van der Waals surface area (Å²) >= 11 is 0. The van der Waals surface area contributed by atoms with Gasteiger partial charge in [-0.1, -0.05) is 6.92 Å². The van der Waals surface area contributed by atoms with E-state index in [1.54, 1.807) is 0 Å². The molecule has 0 aliphatic rings. The van der Waals surface area contributed by atoms with Gasteiger partial charge in [-0.3, -0.25) is 4.98 Å². The highest BCUT2D eigenvalue weighted by atomic mass is 32.2. The fraction of sp³-hybridized carbons (Fsp3) is 0.444. The van der Waals surface area contributed by atoms with Crippen LogP contribution in [0.4, 0.5) is 40.9 Å². The van der Waals surface area contributed by atoms with Gasteiger partial charge in [-0.15, -0.1) is 0 Å². The summed E-state index contributed by atoms with van der Waals surface area (Å²) in [6.45, 7) is -1.13. The summed E-state index contributed by atoms with van der Waals surface area (Å²) in [7, 11) is -4.34. The second kappa shape index (κ2) is 9.27. The molecule has 0 radical (unpaired) electrons. The van der Waals surface area contributed by atoms with Crippen LogP contribution < -0.4 is 10.1 Å². The van der Waals surface area contributed by atoms with Gasteiger partial charge in [0.2, 0.25) is 0 Å². The minimum Gasteiger partial charge on any atom is -0.486 e. The Morgan fingerprint density at radius 2 is 1.70 bits per heavy atom. The molecule has 0 spiro atoms. The normalized spacial score (nSPS) is 13.2. The molecule has 6 nitrogen and oxygen atoms in total. The lowest BCUT2D eigenvalue weighted by atomic mass is 10.1. The van der Waals surface area contributed by atoms with Crippen molar-refractivity contribution in [3.8, 4) is 17.1 Å². The quantitative estimate of drug-likeness (QED) is 0.509. The number of rotatable bonds is 8. The smallest absolute Gasteiger partial charge is 0.419 e. The zero-order chi connectivity index (χ0) is 25.2. The molecule has 1 N–H and O–H groups in total. The predicted octanol–water partition coefficient (Wildman–Crippen LogP) is 4.96. The lowest BCUT2D eigenvalue weighted by Crippen LogP contribution is -2.24. The fourth-order valence-corrected chi connectivity index (χ4v) is 3.47. The van der Waals surface area contributed by atoms with Crippen molar-refractivity contribution in [3.63, 3.8) is 0 Å². The Bertz CT molecular complexity index is 1080. The molecule has 2 rings (SSSR count). The topological polar surface area (TPSA) is 81.2 Å². The Labute approximate surface area is 182 Å². The Hall–Kier alpha value is -2.71. The largest absolute Gasteiger partial charge is 0.486 e. The molecule has 0 bridgehead atoms. The molecule has 0 aliphatic carbocycles. The van der Waals surface area contributed by atoms with Crippen LogP contribution in [0.2, 0.25) is 0 Å². The number of anilines is 1. The number of nitrogens with zero attached hydrogens (tertiary/aromatic N) is 2. The SMILES string of the molecule is CCS(=O)(=O)c1cc(C(F)(F)F)c(NCC(F)(F)F)nc1-c1ccc(OCC(C)(F)F)cn1. The molecule has 15 heteroatoms. The molecular formula is C18H17F8N3O3S. The Balaban J connectivity index is 2.63. The van der Waals surface area contributed by atoms with Gasteiger partial charge < -0.3 is 10.1 Å². The molecule has 2 heterocycles. The van der Waals surface area contributed by atoms with E-state index < -0.39 is 69.0 Å². The Morgan fingerprint density at radius 1 is 1.06 bits per heavy atom. The van der Waals surface area contributed by atoms with Gasteiger partial charge >= 0.3 is 12.4 Å². The van der Waals surface area contributed by atoms with E-state index in [9.17, 15) is 43.5 Å². The number of sulfone groups is 1. The average Bonchev–Trinajstić information content (AvgIpc) is 2.68. The summed E-state index contributed by atoms with van der Waals surface area (Å²) in [5.74, 6) is -5.23. The summed E-state index contributed by atoms with van der Waals surface area (Å²) < 4.78 is 134. The highest BCUT2D eigenvalue weighted by Gasteiger charge is 2.38. The van der Waals surface area contributed by atoms with Gasteiger partial charge in [0.1, 0.15) is 23.8 Å². The summed E-state index contributed by atoms with van der Waals surface area (Å²) in [4.78, 5) is 6.37. The van der Waals surface area contributed by atoms with Gasteiger partial charge in [-0.05, 0) is 18.2 Å². The van der Waals surface area contributed by atoms with Crippen LogP contribution in [-0.4, -0.2) is 49.4 Å². The van der Waals surface area contributed by atoms with Crippen LogP contribution in [-0.2, 0) is 16.0 Å². The zero-order valence-electron chi connectivity index (χ0n) is 17.0. The maximum Gasteiger partial charge on any atom is 0.419 e. The molecule has 0 fully saturated rings. The average molecular weight is 507 g/mol. The third kappa shape index (κ3) is 7.40. The van der Waals surface area contributed by atoms with E-state index in [0.29, 0.717) is 6.92 Å². The number of ether oxygens (including phenoxy) is 1. The second-order valence-corrected chi connectivity index (χ2v) is 9.09. The predicted molar refractivity (Wildman–Crippen MR) is 101 cm³/mol. The molecule has 0 saturated carbocycles. The van der Waals surface area contributed by atoms with Gasteiger partial charge in [0.25, 0.3) is 5.92 Å². The Kier molecular flexibility index (Phi) is 7.45. The fourth-order valence-electron chi connectivity index (χ4n) is 2.42. The van der Waals surface area contributed by atoms with E-state index in [1.165, 1.54) is 5.32 Å². The minimum absolute atomic E-state index is 0.164. The molecule has 0 saturated heterocycles. The highest BCUT2D eigenvalue weighted by Crippen LogP contribution is 2.39. The maximum atomic E-state index is 13.5. The summed E-state index contributed by atoms with van der Waals surface area (Å²) in [5.41, 5.74) is -2.70. The summed E-state index contributed by atoms with van der Waals surface area (Å²) in [6, 6.07) is 2.29. The summed E-state index contributed by atoms with van der Waals surface area (Å²) in [6.07, 6.45) is -9.23. The van der Waals surface area contributed by atoms with Crippen LogP contribution in [0.3, 0.4) is 0 Å². The first-order valence-corrected chi connectivity index (χ1v) is 10.7. The molecule has 0 aliphatic heterocycles. The molecule has 2 aromatic heterocycles. The zero-order valence-corrected chi connectivity index (χ0v) is 17.8. The van der Waals surface area contributed by atoms with E-state index in [1.807, 2.05) is 0 Å². The molecular weight excluding hydrogens is 490 g/mol. The van der Waals surface area contributed by atoms with Crippen molar-refractivity contribution in [1.29, 1.82) is 0 Å². The molecule has 184 valence electrons. The number of nitrogens with one attached hydrogen (secondary N) is 1. The first-order valence-electron chi connectivity index (χ1n) is 9.05. The molecule has 0 amide bonds. The number of hydrogen-bond acceptors (Lipinski definition) is 6. The van der Waals surface area contributed by atoms with Crippen molar-refractivity contribution in [1.82, 2.24) is 9.97 Å². The van der Waals surface area contributed by atoms with Crippen molar-refractivity contribution in [2.45, 2.75) is 37.0 Å². The van der Waals surface area contributed by atoms with Gasteiger partial charge in [-0.25, -0.2) is 22.2 Å². The van der Waals surface area contributed by atoms with E-state index in [2.05, 4.69) is 9.97 Å². The number of hydrogen-bond donors (Lipinski definition) is 1. The van der Waals surface area contributed by atoms with Crippen molar-refractivity contribution in [2.24, 2.45) is 0 Å². The van der Waals surface area contributed by atoms with Crippen LogP contribution >= 0.6 is 0 Å². The molecule has 33 heavy (non-hydrogen) atoms. The van der Waals surface area contributed by atoms with Crippen molar-refractivity contribution in [3.05, 3.63) is 30.0 Å². The van der Waals surface area contributed by atoms with Gasteiger partial charge in [0, 0.05) is 6.92 Å². The molecule has 0 atom stereocenters. The van der Waals surface area contributed by atoms with Crippen molar-refractivity contribution >= 4 is 15.7 Å². The maximum absolute atomic E-state index is 13.5. The van der Waals surface area contributed by atoms with E-state index >= 15 is 0 Å². The van der Waals surface area contributed by atoms with Gasteiger partial charge in [-0.2, -0.15) is 26.3 Å². The van der Waals surface area contributed by atoms with Crippen molar-refractivity contribution < 1.29 is 48.3 Å². The molecule has 0 unspecified atom stereocenters. The summed E-state index contributed by atoms with van der Waals surface area (Å²) in [5, 5.41) is 1.53. The third-order valence-electron chi connectivity index (χ3n) is 3.94. The molecule has 2 aromatic rings. The minimum atomic E-state index is -5.23. The van der Waals surface area contributed by atoms with Crippen LogP contribution in [0.15, 0.2) is 29.3 Å². The Morgan fingerprint density at radius 3 is 2.15 bits per heavy atom. The third-order valence-corrected chi connectivity index (χ3v) is 5.68. The number of halogens is 8. The number of pyridine rings is 2. The first-order chi connectivity index (χ1) is 14.9. The first kappa shape index (κ1) is 26.5.